The molecule has 0 unspecified atom stereocenters. The van der Waals surface area contributed by atoms with Gasteiger partial charge in [-0.25, -0.2) is 0 Å². The molecule has 108 valence electrons. The fourth-order valence-electron chi connectivity index (χ4n) is 1.83. The highest BCUT2D eigenvalue weighted by Gasteiger charge is 2.20. The van der Waals surface area contributed by atoms with E-state index in [2.05, 4.69) is 10.3 Å². The number of aromatic nitrogens is 1. The van der Waals surface area contributed by atoms with Crippen molar-refractivity contribution in [1.82, 2.24) is 10.3 Å². The number of nitro groups is 1. The predicted molar refractivity (Wildman–Crippen MR) is 75.0 cm³/mol. The van der Waals surface area contributed by atoms with E-state index in [-0.39, 0.29) is 17.0 Å². The van der Waals surface area contributed by atoms with Crippen LogP contribution in [0.3, 0.4) is 0 Å². The minimum absolute atomic E-state index is 0.161. The smallest absolute Gasteiger partial charge is 0.282 e. The third-order valence-electron chi connectivity index (χ3n) is 2.84. The van der Waals surface area contributed by atoms with Gasteiger partial charge in [0, 0.05) is 25.0 Å². The molecule has 0 aliphatic heterocycles. The van der Waals surface area contributed by atoms with E-state index < -0.39 is 10.8 Å². The van der Waals surface area contributed by atoms with Crippen molar-refractivity contribution in [3.63, 3.8) is 0 Å². The maximum atomic E-state index is 12.0. The van der Waals surface area contributed by atoms with E-state index in [1.54, 1.807) is 18.5 Å². The number of hydrogen-bond acceptors (Lipinski definition) is 5. The van der Waals surface area contributed by atoms with Crippen LogP contribution in [0.4, 0.5) is 5.69 Å². The molecular weight excluding hydrogens is 274 g/mol. The lowest BCUT2D eigenvalue weighted by molar-refractivity contribution is -0.385. The summed E-state index contributed by atoms with van der Waals surface area (Å²) in [4.78, 5) is 26.1. The van der Waals surface area contributed by atoms with Gasteiger partial charge >= 0.3 is 0 Å². The van der Waals surface area contributed by atoms with Crippen LogP contribution >= 0.6 is 0 Å². The number of phenolic OH excluding ortho intramolecular Hbond substituents is 1. The topological polar surface area (TPSA) is 105 Å². The summed E-state index contributed by atoms with van der Waals surface area (Å²) in [5.74, 6) is -0.792. The number of nitrogens with zero attached hydrogens (tertiary/aromatic N) is 2. The summed E-state index contributed by atoms with van der Waals surface area (Å²) in [7, 11) is 0. The molecule has 0 saturated heterocycles. The number of phenols is 1. The molecule has 1 aromatic carbocycles. The molecule has 0 saturated carbocycles. The lowest BCUT2D eigenvalue weighted by atomic mass is 10.1. The molecule has 7 heteroatoms. The second-order valence-corrected chi connectivity index (χ2v) is 4.33. The van der Waals surface area contributed by atoms with Gasteiger partial charge in [0.25, 0.3) is 11.6 Å². The van der Waals surface area contributed by atoms with E-state index in [0.717, 1.165) is 17.7 Å². The molecule has 0 spiro atoms. The van der Waals surface area contributed by atoms with Crippen LogP contribution in [0.1, 0.15) is 15.9 Å². The minimum Gasteiger partial charge on any atom is -0.508 e. The molecule has 2 aromatic rings. The zero-order valence-electron chi connectivity index (χ0n) is 11.0. The van der Waals surface area contributed by atoms with Gasteiger partial charge in [-0.2, -0.15) is 0 Å². The molecule has 2 N–H and O–H groups in total. The van der Waals surface area contributed by atoms with Gasteiger partial charge < -0.3 is 10.4 Å². The van der Waals surface area contributed by atoms with Crippen LogP contribution in [-0.4, -0.2) is 27.5 Å². The third-order valence-corrected chi connectivity index (χ3v) is 2.84. The first kappa shape index (κ1) is 14.4. The van der Waals surface area contributed by atoms with Gasteiger partial charge in [-0.1, -0.05) is 6.07 Å². The summed E-state index contributed by atoms with van der Waals surface area (Å²) in [5, 5.41) is 22.8. The Labute approximate surface area is 120 Å². The number of nitrogens with one attached hydrogen (secondary N) is 1. The average Bonchev–Trinajstić information content (AvgIpc) is 2.47. The summed E-state index contributed by atoms with van der Waals surface area (Å²) in [6.07, 6.45) is 3.90. The number of carbonyl (C=O) groups is 1. The quantitative estimate of drug-likeness (QED) is 0.642. The average molecular weight is 287 g/mol. The molecule has 1 amide bonds. The van der Waals surface area contributed by atoms with Crippen LogP contribution in [-0.2, 0) is 6.42 Å². The highest BCUT2D eigenvalue weighted by Crippen LogP contribution is 2.23. The SMILES string of the molecule is O=C(NCCc1cccnc1)c1cc(O)ccc1[N+](=O)[O-]. The molecule has 0 aliphatic rings. The fourth-order valence-corrected chi connectivity index (χ4v) is 1.83. The molecule has 0 bridgehead atoms. The Morgan fingerprint density at radius 3 is 2.86 bits per heavy atom. The van der Waals surface area contributed by atoms with Crippen LogP contribution in [0, 0.1) is 10.1 Å². The van der Waals surface area contributed by atoms with E-state index in [4.69, 9.17) is 0 Å². The Morgan fingerprint density at radius 1 is 1.38 bits per heavy atom. The molecule has 1 heterocycles. The second kappa shape index (κ2) is 6.47. The molecule has 21 heavy (non-hydrogen) atoms. The van der Waals surface area contributed by atoms with E-state index in [1.807, 2.05) is 6.07 Å². The zero-order chi connectivity index (χ0) is 15.2. The van der Waals surface area contributed by atoms with Crippen LogP contribution in [0.15, 0.2) is 42.7 Å². The van der Waals surface area contributed by atoms with E-state index >= 15 is 0 Å². The summed E-state index contributed by atoms with van der Waals surface area (Å²) in [6, 6.07) is 7.01. The largest absolute Gasteiger partial charge is 0.508 e. The Bertz CT molecular complexity index is 659. The van der Waals surface area contributed by atoms with Crippen molar-refractivity contribution in [3.8, 4) is 5.75 Å². The molecule has 0 aliphatic carbocycles. The number of hydrogen-bond donors (Lipinski definition) is 2. The molecule has 7 nitrogen and oxygen atoms in total. The Kier molecular flexibility index (Phi) is 4.45. The summed E-state index contributed by atoms with van der Waals surface area (Å²) < 4.78 is 0. The standard InChI is InChI=1S/C14H13N3O4/c18-11-3-4-13(17(20)21)12(8-11)14(19)16-7-5-10-2-1-6-15-9-10/h1-4,6,8-9,18H,5,7H2,(H,16,19). The van der Waals surface area contributed by atoms with Crippen molar-refractivity contribution >= 4 is 11.6 Å². The van der Waals surface area contributed by atoms with Crippen molar-refractivity contribution in [1.29, 1.82) is 0 Å². The first-order valence-electron chi connectivity index (χ1n) is 6.22. The Morgan fingerprint density at radius 2 is 2.19 bits per heavy atom. The molecule has 2 rings (SSSR count). The van der Waals surface area contributed by atoms with Crippen molar-refractivity contribution in [2.75, 3.05) is 6.54 Å². The molecule has 0 atom stereocenters. The van der Waals surface area contributed by atoms with Crippen LogP contribution in [0.25, 0.3) is 0 Å². The molecule has 1 aromatic heterocycles. The highest BCUT2D eigenvalue weighted by molar-refractivity contribution is 5.98. The first-order chi connectivity index (χ1) is 10.1. The van der Waals surface area contributed by atoms with Crippen LogP contribution in [0.5, 0.6) is 5.75 Å². The monoisotopic (exact) mass is 287 g/mol. The Balaban J connectivity index is 2.03. The van der Waals surface area contributed by atoms with Crippen molar-refractivity contribution in [3.05, 3.63) is 64.0 Å². The van der Waals surface area contributed by atoms with Gasteiger partial charge in [-0.15, -0.1) is 0 Å². The van der Waals surface area contributed by atoms with Gasteiger partial charge in [0.2, 0.25) is 0 Å². The normalized spacial score (nSPS) is 10.1. The maximum absolute atomic E-state index is 12.0. The molecule has 0 fully saturated rings. The van der Waals surface area contributed by atoms with Crippen LogP contribution < -0.4 is 5.32 Å². The van der Waals surface area contributed by atoms with Crippen molar-refractivity contribution in [2.45, 2.75) is 6.42 Å². The lowest BCUT2D eigenvalue weighted by Crippen LogP contribution is -2.26. The fraction of sp³-hybridized carbons (Fsp3) is 0.143. The second-order valence-electron chi connectivity index (χ2n) is 4.33. The predicted octanol–water partition coefficient (Wildman–Crippen LogP) is 1.67. The summed E-state index contributed by atoms with van der Waals surface area (Å²) in [5.41, 5.74) is 0.445. The summed E-state index contributed by atoms with van der Waals surface area (Å²) >= 11 is 0. The third kappa shape index (κ3) is 3.75. The van der Waals surface area contributed by atoms with Gasteiger partial charge in [0.15, 0.2) is 0 Å². The first-order valence-corrected chi connectivity index (χ1v) is 6.22. The van der Waals surface area contributed by atoms with Gasteiger partial charge in [-0.3, -0.25) is 19.9 Å². The van der Waals surface area contributed by atoms with Crippen LogP contribution in [0.2, 0.25) is 0 Å². The number of carbonyl (C=O) groups excluding carboxylic acids is 1. The van der Waals surface area contributed by atoms with Gasteiger partial charge in [0.05, 0.1) is 4.92 Å². The van der Waals surface area contributed by atoms with E-state index in [1.165, 1.54) is 6.07 Å². The number of pyridine rings is 1. The van der Waals surface area contributed by atoms with Gasteiger partial charge in [0.1, 0.15) is 11.3 Å². The number of aromatic hydroxyl groups is 1. The molecular formula is C14H13N3O4. The zero-order valence-corrected chi connectivity index (χ0v) is 11.0. The van der Waals surface area contributed by atoms with E-state index in [0.29, 0.717) is 13.0 Å². The number of nitro benzene ring substituents is 1. The van der Waals surface area contributed by atoms with Crippen molar-refractivity contribution < 1.29 is 14.8 Å². The minimum atomic E-state index is -0.657. The number of benzene rings is 1. The number of rotatable bonds is 5. The Hall–Kier alpha value is -2.96. The number of amides is 1. The highest BCUT2D eigenvalue weighted by atomic mass is 16.6. The molecule has 0 radical (unpaired) electrons. The van der Waals surface area contributed by atoms with Gasteiger partial charge in [-0.05, 0) is 30.2 Å². The van der Waals surface area contributed by atoms with Crippen molar-refractivity contribution in [2.24, 2.45) is 0 Å². The lowest BCUT2D eigenvalue weighted by Gasteiger charge is -2.06. The summed E-state index contributed by atoms with van der Waals surface area (Å²) in [6.45, 7) is 0.317. The maximum Gasteiger partial charge on any atom is 0.282 e. The van der Waals surface area contributed by atoms with E-state index in [9.17, 15) is 20.0 Å².